The van der Waals surface area contributed by atoms with Gasteiger partial charge in [0.2, 0.25) is 16.0 Å². The summed E-state index contributed by atoms with van der Waals surface area (Å²) in [6.07, 6.45) is 1.82. The standard InChI is InChI=1S/C20H22F2N4O5S/c1-26-19(23)25-20(11-30-13(10-29-2)8-18(20)32(26,27)28)14-7-12(3-4-15(14)21)31-17-5-6-24-9-16(17)22/h3-7,9,13,18H,8,10-11H2,1-2H3,(H2,23,25)/t13-,18-,20-/m1/s1. The number of sulfonamides is 1. The number of hydrogen-bond donors (Lipinski definition) is 1. The number of pyridine rings is 1. The van der Waals surface area contributed by atoms with Crippen molar-refractivity contribution < 1.29 is 31.4 Å². The fourth-order valence-electron chi connectivity index (χ4n) is 3.99. The van der Waals surface area contributed by atoms with E-state index in [1.54, 1.807) is 0 Å². The van der Waals surface area contributed by atoms with E-state index in [0.717, 1.165) is 16.6 Å². The predicted molar refractivity (Wildman–Crippen MR) is 111 cm³/mol. The topological polar surface area (TPSA) is 116 Å². The van der Waals surface area contributed by atoms with E-state index in [0.29, 0.717) is 0 Å². The molecule has 1 fully saturated rings. The first-order valence-electron chi connectivity index (χ1n) is 9.70. The molecular weight excluding hydrogens is 446 g/mol. The maximum Gasteiger partial charge on any atom is 0.243 e. The second-order valence-electron chi connectivity index (χ2n) is 7.57. The minimum atomic E-state index is -4.00. The SMILES string of the molecule is COC[C@H]1C[C@@H]2[C@](c3cc(Oc4ccncc4F)ccc3F)(CO1)N=C(N)N(C)S2(=O)=O. The Bertz CT molecular complexity index is 1160. The number of nitrogens with two attached hydrogens (primary N) is 1. The predicted octanol–water partition coefficient (Wildman–Crippen LogP) is 1.74. The molecule has 2 aliphatic heterocycles. The minimum Gasteiger partial charge on any atom is -0.454 e. The molecule has 2 N–H and O–H groups in total. The molecule has 0 unspecified atom stereocenters. The smallest absolute Gasteiger partial charge is 0.243 e. The van der Waals surface area contributed by atoms with Crippen LogP contribution in [0, 0.1) is 11.6 Å². The second kappa shape index (κ2) is 8.26. The van der Waals surface area contributed by atoms with Crippen molar-refractivity contribution >= 4 is 16.0 Å². The van der Waals surface area contributed by atoms with Gasteiger partial charge >= 0.3 is 0 Å². The highest BCUT2D eigenvalue weighted by molar-refractivity contribution is 7.90. The van der Waals surface area contributed by atoms with Gasteiger partial charge in [-0.05, 0) is 24.6 Å². The molecule has 0 amide bonds. The minimum absolute atomic E-state index is 0.0147. The van der Waals surface area contributed by atoms with Gasteiger partial charge in [-0.1, -0.05) is 0 Å². The summed E-state index contributed by atoms with van der Waals surface area (Å²) in [6, 6.07) is 5.01. The maximum absolute atomic E-state index is 15.1. The number of nitrogens with zero attached hydrogens (tertiary/aromatic N) is 3. The van der Waals surface area contributed by atoms with Crippen LogP contribution in [0.25, 0.3) is 0 Å². The zero-order valence-corrected chi connectivity index (χ0v) is 18.2. The fraction of sp³-hybridized carbons (Fsp3) is 0.400. The van der Waals surface area contributed by atoms with Crippen LogP contribution in [0.3, 0.4) is 0 Å². The summed E-state index contributed by atoms with van der Waals surface area (Å²) < 4.78 is 73.0. The molecule has 0 aliphatic carbocycles. The van der Waals surface area contributed by atoms with Crippen molar-refractivity contribution in [2.24, 2.45) is 10.7 Å². The van der Waals surface area contributed by atoms with Gasteiger partial charge in [0, 0.05) is 32.0 Å². The molecule has 2 aromatic rings. The highest BCUT2D eigenvalue weighted by Crippen LogP contribution is 2.45. The lowest BCUT2D eigenvalue weighted by Gasteiger charge is -2.47. The fourth-order valence-corrected chi connectivity index (χ4v) is 5.87. The Morgan fingerprint density at radius 3 is 2.81 bits per heavy atom. The molecule has 12 heteroatoms. The van der Waals surface area contributed by atoms with Crippen molar-refractivity contribution in [2.75, 3.05) is 27.4 Å². The summed E-state index contributed by atoms with van der Waals surface area (Å²) in [6.45, 7) is -0.0819. The Hall–Kier alpha value is -2.83. The Labute approximate surface area is 183 Å². The number of aliphatic imine (C=N–C) groups is 1. The van der Waals surface area contributed by atoms with Crippen molar-refractivity contribution in [3.05, 3.63) is 53.9 Å². The molecule has 2 aliphatic rings. The monoisotopic (exact) mass is 468 g/mol. The van der Waals surface area contributed by atoms with Crippen LogP contribution in [-0.4, -0.2) is 62.4 Å². The van der Waals surface area contributed by atoms with E-state index in [2.05, 4.69) is 9.98 Å². The molecule has 1 aromatic heterocycles. The highest BCUT2D eigenvalue weighted by atomic mass is 32.2. The number of hydrogen-bond acceptors (Lipinski definition) is 8. The molecule has 0 radical (unpaired) electrons. The first-order valence-corrected chi connectivity index (χ1v) is 11.2. The number of fused-ring (bicyclic) bond motifs is 1. The van der Waals surface area contributed by atoms with Crippen molar-refractivity contribution in [3.63, 3.8) is 0 Å². The highest BCUT2D eigenvalue weighted by Gasteiger charge is 2.57. The van der Waals surface area contributed by atoms with E-state index in [1.165, 1.54) is 38.6 Å². The molecule has 0 saturated carbocycles. The van der Waals surface area contributed by atoms with Gasteiger partial charge in [-0.3, -0.25) is 4.98 Å². The third kappa shape index (κ3) is 3.67. The largest absolute Gasteiger partial charge is 0.454 e. The summed E-state index contributed by atoms with van der Waals surface area (Å²) in [7, 11) is -1.23. The number of halogens is 2. The van der Waals surface area contributed by atoms with Gasteiger partial charge in [0.25, 0.3) is 0 Å². The molecule has 1 aromatic carbocycles. The number of aromatic nitrogens is 1. The third-order valence-electron chi connectivity index (χ3n) is 5.65. The van der Waals surface area contributed by atoms with Crippen LogP contribution in [0.5, 0.6) is 11.5 Å². The van der Waals surface area contributed by atoms with E-state index in [4.69, 9.17) is 19.9 Å². The zero-order valence-electron chi connectivity index (χ0n) is 17.4. The summed E-state index contributed by atoms with van der Waals surface area (Å²) in [4.78, 5) is 8.05. The van der Waals surface area contributed by atoms with Gasteiger partial charge < -0.3 is 19.9 Å². The van der Waals surface area contributed by atoms with E-state index in [1.807, 2.05) is 0 Å². The van der Waals surface area contributed by atoms with Crippen LogP contribution < -0.4 is 10.5 Å². The zero-order chi connectivity index (χ0) is 23.1. The van der Waals surface area contributed by atoms with E-state index < -0.39 is 38.6 Å². The summed E-state index contributed by atoms with van der Waals surface area (Å²) in [5.74, 6) is -1.75. The molecule has 0 spiro atoms. The normalized spacial score (nSPS) is 26.9. The van der Waals surface area contributed by atoms with Crippen LogP contribution in [0.4, 0.5) is 8.78 Å². The van der Waals surface area contributed by atoms with Gasteiger partial charge in [0.1, 0.15) is 22.4 Å². The quantitative estimate of drug-likeness (QED) is 0.711. The van der Waals surface area contributed by atoms with Crippen molar-refractivity contribution in [3.8, 4) is 11.5 Å². The van der Waals surface area contributed by atoms with Crippen LogP contribution in [0.15, 0.2) is 41.7 Å². The average molecular weight is 468 g/mol. The van der Waals surface area contributed by atoms with Crippen LogP contribution in [0.1, 0.15) is 12.0 Å². The van der Waals surface area contributed by atoms with Gasteiger partial charge in [-0.25, -0.2) is 26.5 Å². The Balaban J connectivity index is 1.83. The Kier molecular flexibility index (Phi) is 5.77. The average Bonchev–Trinajstić information content (AvgIpc) is 2.76. The van der Waals surface area contributed by atoms with Crippen LogP contribution >= 0.6 is 0 Å². The van der Waals surface area contributed by atoms with Crippen LogP contribution in [0.2, 0.25) is 0 Å². The van der Waals surface area contributed by atoms with E-state index >= 15 is 4.39 Å². The Morgan fingerprint density at radius 2 is 2.09 bits per heavy atom. The molecule has 3 heterocycles. The number of guanidine groups is 1. The Morgan fingerprint density at radius 1 is 1.31 bits per heavy atom. The lowest BCUT2D eigenvalue weighted by atomic mass is 9.82. The molecule has 4 rings (SSSR count). The molecule has 32 heavy (non-hydrogen) atoms. The summed E-state index contributed by atoms with van der Waals surface area (Å²) in [5.41, 5.74) is 4.18. The second-order valence-corrected chi connectivity index (χ2v) is 9.72. The number of ether oxygens (including phenoxy) is 3. The molecule has 3 atom stereocenters. The van der Waals surface area contributed by atoms with E-state index in [-0.39, 0.29) is 42.7 Å². The lowest BCUT2D eigenvalue weighted by Crippen LogP contribution is -2.62. The van der Waals surface area contributed by atoms with Gasteiger partial charge in [-0.15, -0.1) is 0 Å². The first-order chi connectivity index (χ1) is 15.2. The summed E-state index contributed by atoms with van der Waals surface area (Å²) in [5, 5.41) is -1.16. The molecule has 9 nitrogen and oxygen atoms in total. The first kappa shape index (κ1) is 22.4. The van der Waals surface area contributed by atoms with Gasteiger partial charge in [-0.2, -0.15) is 0 Å². The molecule has 1 saturated heterocycles. The van der Waals surface area contributed by atoms with Crippen molar-refractivity contribution in [2.45, 2.75) is 23.3 Å². The van der Waals surface area contributed by atoms with Crippen molar-refractivity contribution in [1.29, 1.82) is 0 Å². The maximum atomic E-state index is 15.1. The molecular formula is C20H22F2N4O5S. The number of methoxy groups -OCH3 is 1. The summed E-state index contributed by atoms with van der Waals surface area (Å²) >= 11 is 0. The number of benzene rings is 1. The van der Waals surface area contributed by atoms with E-state index in [9.17, 15) is 12.8 Å². The van der Waals surface area contributed by atoms with Gasteiger partial charge in [0.15, 0.2) is 11.6 Å². The third-order valence-corrected chi connectivity index (χ3v) is 7.90. The lowest BCUT2D eigenvalue weighted by molar-refractivity contribution is -0.0611. The molecule has 0 bridgehead atoms. The van der Waals surface area contributed by atoms with Crippen molar-refractivity contribution in [1.82, 2.24) is 9.29 Å². The number of rotatable bonds is 5. The van der Waals surface area contributed by atoms with Gasteiger partial charge in [0.05, 0.1) is 25.5 Å². The molecule has 172 valence electrons. The van der Waals surface area contributed by atoms with Crippen LogP contribution in [-0.2, 0) is 25.0 Å².